The summed E-state index contributed by atoms with van der Waals surface area (Å²) in [6.45, 7) is 0.867. The fraction of sp³-hybridized carbons (Fsp3) is 0.136. The van der Waals surface area contributed by atoms with Gasteiger partial charge in [0.15, 0.2) is 0 Å². The standard InChI is InChI=1S/C22H17ClN2O5S/c23-18-7-3-4-8-20(18)31(29,30)21-10-9-16(13-19(21)25(27)28)22(26)24-12-11-15-5-1-2-6-17(15)14-24/h1-10,13H,11-12,14H2. The van der Waals surface area contributed by atoms with E-state index in [1.807, 2.05) is 24.3 Å². The number of carbonyl (C=O) groups excluding carboxylic acids is 1. The Morgan fingerprint density at radius 1 is 0.968 bits per heavy atom. The highest BCUT2D eigenvalue weighted by atomic mass is 35.5. The average molecular weight is 457 g/mol. The molecule has 0 atom stereocenters. The average Bonchev–Trinajstić information content (AvgIpc) is 2.78. The largest absolute Gasteiger partial charge is 0.334 e. The minimum absolute atomic E-state index is 0.0380. The van der Waals surface area contributed by atoms with Crippen LogP contribution in [0.3, 0.4) is 0 Å². The molecule has 31 heavy (non-hydrogen) atoms. The summed E-state index contributed by atoms with van der Waals surface area (Å²) in [5.74, 6) is -0.390. The lowest BCUT2D eigenvalue weighted by Gasteiger charge is -2.29. The fourth-order valence-electron chi connectivity index (χ4n) is 3.65. The Labute approximate surface area is 184 Å². The first-order chi connectivity index (χ1) is 14.8. The Morgan fingerprint density at radius 3 is 2.35 bits per heavy atom. The second-order valence-corrected chi connectivity index (χ2v) is 9.41. The second kappa shape index (κ2) is 8.13. The lowest BCUT2D eigenvalue weighted by Crippen LogP contribution is -2.36. The van der Waals surface area contributed by atoms with Crippen LogP contribution in [-0.4, -0.2) is 30.7 Å². The Kier molecular flexibility index (Phi) is 5.51. The van der Waals surface area contributed by atoms with Gasteiger partial charge in [0.05, 0.1) is 14.8 Å². The highest BCUT2D eigenvalue weighted by molar-refractivity contribution is 7.91. The van der Waals surface area contributed by atoms with E-state index >= 15 is 0 Å². The van der Waals surface area contributed by atoms with E-state index in [2.05, 4.69) is 0 Å². The van der Waals surface area contributed by atoms with Gasteiger partial charge in [-0.25, -0.2) is 8.42 Å². The minimum atomic E-state index is -4.25. The van der Waals surface area contributed by atoms with Crippen molar-refractivity contribution in [3.05, 3.63) is 98.6 Å². The molecule has 0 radical (unpaired) electrons. The van der Waals surface area contributed by atoms with Crippen LogP contribution in [0.25, 0.3) is 0 Å². The van der Waals surface area contributed by atoms with Crippen molar-refractivity contribution in [2.75, 3.05) is 6.54 Å². The van der Waals surface area contributed by atoms with E-state index in [0.29, 0.717) is 19.5 Å². The van der Waals surface area contributed by atoms with Crippen molar-refractivity contribution in [2.24, 2.45) is 0 Å². The maximum atomic E-state index is 13.0. The molecule has 0 spiro atoms. The number of halogens is 1. The normalized spacial score (nSPS) is 13.5. The van der Waals surface area contributed by atoms with Gasteiger partial charge in [0.25, 0.3) is 11.6 Å². The van der Waals surface area contributed by atoms with Crippen LogP contribution in [0.1, 0.15) is 21.5 Å². The van der Waals surface area contributed by atoms with E-state index in [1.54, 1.807) is 11.0 Å². The van der Waals surface area contributed by atoms with E-state index < -0.39 is 25.3 Å². The van der Waals surface area contributed by atoms with E-state index in [9.17, 15) is 23.3 Å². The molecule has 0 aliphatic carbocycles. The lowest BCUT2D eigenvalue weighted by atomic mass is 9.99. The number of hydrogen-bond acceptors (Lipinski definition) is 5. The number of nitrogens with zero attached hydrogens (tertiary/aromatic N) is 2. The van der Waals surface area contributed by atoms with Gasteiger partial charge in [0, 0.05) is 24.7 Å². The molecule has 0 fully saturated rings. The van der Waals surface area contributed by atoms with Crippen LogP contribution in [0.15, 0.2) is 76.5 Å². The molecule has 0 saturated carbocycles. The highest BCUT2D eigenvalue weighted by Crippen LogP contribution is 2.34. The van der Waals surface area contributed by atoms with Gasteiger partial charge < -0.3 is 4.90 Å². The Hall–Kier alpha value is -3.23. The first-order valence-electron chi connectivity index (χ1n) is 9.43. The molecule has 7 nitrogen and oxygen atoms in total. The molecule has 0 bridgehead atoms. The molecule has 0 N–H and O–H groups in total. The van der Waals surface area contributed by atoms with E-state index in [0.717, 1.165) is 17.7 Å². The van der Waals surface area contributed by atoms with Gasteiger partial charge in [-0.3, -0.25) is 14.9 Å². The summed E-state index contributed by atoms with van der Waals surface area (Å²) < 4.78 is 26.0. The van der Waals surface area contributed by atoms with Gasteiger partial charge >= 0.3 is 0 Å². The predicted molar refractivity (Wildman–Crippen MR) is 115 cm³/mol. The summed E-state index contributed by atoms with van der Waals surface area (Å²) in [5.41, 5.74) is 1.58. The lowest BCUT2D eigenvalue weighted by molar-refractivity contribution is -0.387. The molecule has 0 saturated heterocycles. The van der Waals surface area contributed by atoms with Crippen molar-refractivity contribution in [1.29, 1.82) is 0 Å². The molecule has 9 heteroatoms. The van der Waals surface area contributed by atoms with Crippen LogP contribution >= 0.6 is 11.6 Å². The van der Waals surface area contributed by atoms with Gasteiger partial charge in [0.1, 0.15) is 4.90 Å². The number of benzene rings is 3. The van der Waals surface area contributed by atoms with Crippen LogP contribution in [0.4, 0.5) is 5.69 Å². The number of nitro groups is 1. The smallest absolute Gasteiger partial charge is 0.289 e. The number of rotatable bonds is 4. The monoisotopic (exact) mass is 456 g/mol. The number of amides is 1. The van der Waals surface area contributed by atoms with Gasteiger partial charge in [-0.1, -0.05) is 48.0 Å². The zero-order chi connectivity index (χ0) is 22.2. The fourth-order valence-corrected chi connectivity index (χ4v) is 5.57. The Balaban J connectivity index is 1.71. The van der Waals surface area contributed by atoms with Crippen molar-refractivity contribution >= 4 is 33.0 Å². The van der Waals surface area contributed by atoms with Gasteiger partial charge in [-0.05, 0) is 41.8 Å². The Bertz CT molecular complexity index is 1310. The molecule has 1 aliphatic heterocycles. The van der Waals surface area contributed by atoms with Gasteiger partial charge in [0.2, 0.25) is 9.84 Å². The third-order valence-corrected chi connectivity index (χ3v) is 7.54. The zero-order valence-corrected chi connectivity index (χ0v) is 17.8. The number of sulfone groups is 1. The molecule has 158 valence electrons. The summed E-state index contributed by atoms with van der Waals surface area (Å²) in [5, 5.41) is 11.6. The summed E-state index contributed by atoms with van der Waals surface area (Å²) in [6.07, 6.45) is 0.684. The minimum Gasteiger partial charge on any atom is -0.334 e. The molecular weight excluding hydrogens is 440 g/mol. The van der Waals surface area contributed by atoms with Crippen LogP contribution in [-0.2, 0) is 22.8 Å². The number of hydrogen-bond donors (Lipinski definition) is 0. The first-order valence-corrected chi connectivity index (χ1v) is 11.3. The number of fused-ring (bicyclic) bond motifs is 1. The van der Waals surface area contributed by atoms with Crippen LogP contribution in [0.2, 0.25) is 5.02 Å². The first kappa shape index (κ1) is 21.0. The maximum Gasteiger partial charge on any atom is 0.289 e. The number of carbonyl (C=O) groups is 1. The van der Waals surface area contributed by atoms with Crippen LogP contribution in [0, 0.1) is 10.1 Å². The summed E-state index contributed by atoms with van der Waals surface area (Å²) in [4.78, 5) is 24.7. The van der Waals surface area contributed by atoms with Crippen molar-refractivity contribution in [3.8, 4) is 0 Å². The molecule has 0 unspecified atom stereocenters. The Morgan fingerprint density at radius 2 is 1.65 bits per heavy atom. The van der Waals surface area contributed by atoms with Crippen molar-refractivity contribution in [3.63, 3.8) is 0 Å². The molecule has 4 rings (SSSR count). The van der Waals surface area contributed by atoms with Gasteiger partial charge in [-0.15, -0.1) is 0 Å². The second-order valence-electron chi connectivity index (χ2n) is 7.12. The van der Waals surface area contributed by atoms with Crippen molar-refractivity contribution in [2.45, 2.75) is 22.8 Å². The highest BCUT2D eigenvalue weighted by Gasteiger charge is 2.31. The van der Waals surface area contributed by atoms with E-state index in [-0.39, 0.29) is 21.4 Å². The molecule has 0 aromatic heterocycles. The molecule has 1 heterocycles. The van der Waals surface area contributed by atoms with E-state index in [1.165, 1.54) is 29.8 Å². The van der Waals surface area contributed by atoms with Gasteiger partial charge in [-0.2, -0.15) is 0 Å². The zero-order valence-electron chi connectivity index (χ0n) is 16.2. The molecule has 1 aliphatic rings. The third kappa shape index (κ3) is 3.92. The quantitative estimate of drug-likeness (QED) is 0.431. The van der Waals surface area contributed by atoms with Crippen molar-refractivity contribution < 1.29 is 18.1 Å². The van der Waals surface area contributed by atoms with Crippen LogP contribution in [0.5, 0.6) is 0 Å². The SMILES string of the molecule is O=C(c1ccc(S(=O)(=O)c2ccccc2Cl)c([N+](=O)[O-])c1)N1CCc2ccccc2C1. The van der Waals surface area contributed by atoms with Crippen LogP contribution < -0.4 is 0 Å². The van der Waals surface area contributed by atoms with E-state index in [4.69, 9.17) is 11.6 Å². The van der Waals surface area contributed by atoms with Crippen molar-refractivity contribution in [1.82, 2.24) is 4.90 Å². The molecule has 3 aromatic carbocycles. The summed E-state index contributed by atoms with van der Waals surface area (Å²) >= 11 is 6.01. The molecule has 3 aromatic rings. The maximum absolute atomic E-state index is 13.0. The third-order valence-electron chi connectivity index (χ3n) is 5.24. The topological polar surface area (TPSA) is 97.6 Å². The number of nitro benzene ring substituents is 1. The molecule has 1 amide bonds. The predicted octanol–water partition coefficient (Wildman–Crippen LogP) is 4.28. The summed E-state index contributed by atoms with van der Waals surface area (Å²) in [6, 6.07) is 16.9. The summed E-state index contributed by atoms with van der Waals surface area (Å²) in [7, 11) is -4.25. The molecular formula is C22H17ClN2O5S.